The molecule has 7 heteroatoms. The number of hydrogen-bond acceptors (Lipinski definition) is 5. The Hall–Kier alpha value is -4.03. The zero-order valence-corrected chi connectivity index (χ0v) is 22.6. The molecule has 6 nitrogen and oxygen atoms in total. The number of carbonyl (C=O) groups excluding carboxylic acids is 1. The molecule has 0 saturated heterocycles. The fourth-order valence-corrected chi connectivity index (χ4v) is 4.54. The number of nitrogens with one attached hydrogen (secondary N) is 1. The summed E-state index contributed by atoms with van der Waals surface area (Å²) >= 11 is 2.17. The largest absolute Gasteiger partial charge is 0.494 e. The normalized spacial score (nSPS) is 11.0. The second-order valence-electron chi connectivity index (χ2n) is 8.09. The summed E-state index contributed by atoms with van der Waals surface area (Å²) in [6.45, 7) is 2.84. The lowest BCUT2D eigenvalue weighted by Gasteiger charge is -2.14. The van der Waals surface area contributed by atoms with Crippen LogP contribution in [0.5, 0.6) is 17.2 Å². The number of fused-ring (bicyclic) bond motifs is 1. The first-order valence-electron chi connectivity index (χ1n) is 11.6. The lowest BCUT2D eigenvalue weighted by molar-refractivity contribution is -0.112. The summed E-state index contributed by atoms with van der Waals surface area (Å²) in [5.74, 6) is 1.33. The number of nitriles is 1. The number of rotatable bonds is 9. The number of ether oxygens (including phenoxy) is 3. The van der Waals surface area contributed by atoms with Gasteiger partial charge in [0.15, 0.2) is 11.5 Å². The third kappa shape index (κ3) is 6.60. The van der Waals surface area contributed by atoms with Crippen LogP contribution in [0.25, 0.3) is 16.8 Å². The molecule has 0 heterocycles. The summed E-state index contributed by atoms with van der Waals surface area (Å²) in [5.41, 5.74) is 2.23. The Morgan fingerprint density at radius 3 is 2.46 bits per heavy atom. The van der Waals surface area contributed by atoms with Gasteiger partial charge in [0.1, 0.15) is 24.0 Å². The summed E-state index contributed by atoms with van der Waals surface area (Å²) in [7, 11) is 1.56. The fourth-order valence-electron chi connectivity index (χ4n) is 3.76. The number of carbonyl (C=O) groups is 1. The first kappa shape index (κ1) is 26.0. The highest BCUT2D eigenvalue weighted by molar-refractivity contribution is 14.1. The number of amides is 1. The number of methoxy groups -OCH3 is 1. The van der Waals surface area contributed by atoms with Gasteiger partial charge in [-0.1, -0.05) is 36.4 Å². The molecule has 4 rings (SSSR count). The predicted octanol–water partition coefficient (Wildman–Crippen LogP) is 6.98. The molecule has 0 aliphatic rings. The molecular weight excluding hydrogens is 579 g/mol. The van der Waals surface area contributed by atoms with Crippen molar-refractivity contribution < 1.29 is 19.0 Å². The molecule has 0 bridgehead atoms. The molecule has 0 atom stereocenters. The Morgan fingerprint density at radius 2 is 1.76 bits per heavy atom. The fraction of sp³-hybridized carbons (Fsp3) is 0.133. The van der Waals surface area contributed by atoms with Crippen molar-refractivity contribution in [3.8, 4) is 23.3 Å². The average Bonchev–Trinajstić information content (AvgIpc) is 2.91. The van der Waals surface area contributed by atoms with Crippen LogP contribution in [0, 0.1) is 14.9 Å². The quantitative estimate of drug-likeness (QED) is 0.127. The van der Waals surface area contributed by atoms with E-state index >= 15 is 0 Å². The molecule has 0 radical (unpaired) electrons. The van der Waals surface area contributed by atoms with E-state index in [2.05, 4.69) is 52.2 Å². The first-order valence-corrected chi connectivity index (χ1v) is 12.7. The minimum absolute atomic E-state index is 0.0310. The van der Waals surface area contributed by atoms with Crippen molar-refractivity contribution in [2.75, 3.05) is 19.0 Å². The van der Waals surface area contributed by atoms with Gasteiger partial charge in [-0.15, -0.1) is 0 Å². The van der Waals surface area contributed by atoms with E-state index in [0.29, 0.717) is 41.7 Å². The number of halogens is 1. The van der Waals surface area contributed by atoms with Crippen molar-refractivity contribution in [3.05, 3.63) is 99.1 Å². The van der Waals surface area contributed by atoms with E-state index in [4.69, 9.17) is 14.2 Å². The van der Waals surface area contributed by atoms with Crippen LogP contribution in [-0.2, 0) is 11.4 Å². The lowest BCUT2D eigenvalue weighted by Crippen LogP contribution is -2.13. The average molecular weight is 604 g/mol. The van der Waals surface area contributed by atoms with Crippen LogP contribution in [-0.4, -0.2) is 19.6 Å². The van der Waals surface area contributed by atoms with Gasteiger partial charge in [0, 0.05) is 5.69 Å². The molecule has 0 aliphatic heterocycles. The van der Waals surface area contributed by atoms with Crippen molar-refractivity contribution in [3.63, 3.8) is 0 Å². The third-order valence-electron chi connectivity index (χ3n) is 5.55. The van der Waals surface area contributed by atoms with Crippen LogP contribution in [0.1, 0.15) is 18.1 Å². The molecular formula is C30H25IN2O4. The van der Waals surface area contributed by atoms with Gasteiger partial charge in [0.25, 0.3) is 5.91 Å². The van der Waals surface area contributed by atoms with Crippen molar-refractivity contribution in [2.24, 2.45) is 0 Å². The Labute approximate surface area is 229 Å². The summed E-state index contributed by atoms with van der Waals surface area (Å²) in [5, 5.41) is 14.7. The van der Waals surface area contributed by atoms with Crippen LogP contribution in [0.2, 0.25) is 0 Å². The molecule has 4 aromatic rings. The summed E-state index contributed by atoms with van der Waals surface area (Å²) in [6.07, 6.45) is 1.53. The third-order valence-corrected chi connectivity index (χ3v) is 6.35. The monoisotopic (exact) mass is 604 g/mol. The van der Waals surface area contributed by atoms with Gasteiger partial charge in [-0.2, -0.15) is 5.26 Å². The number of nitrogens with zero attached hydrogens (tertiary/aromatic N) is 1. The molecule has 1 N–H and O–H groups in total. The van der Waals surface area contributed by atoms with Crippen LogP contribution in [0.15, 0.2) is 84.4 Å². The van der Waals surface area contributed by atoms with Crippen molar-refractivity contribution in [1.29, 1.82) is 5.26 Å². The highest BCUT2D eigenvalue weighted by Gasteiger charge is 2.14. The van der Waals surface area contributed by atoms with Crippen molar-refractivity contribution in [1.82, 2.24) is 0 Å². The van der Waals surface area contributed by atoms with E-state index in [1.54, 1.807) is 37.4 Å². The van der Waals surface area contributed by atoms with Gasteiger partial charge in [-0.3, -0.25) is 4.79 Å². The molecule has 1 amide bonds. The predicted molar refractivity (Wildman–Crippen MR) is 154 cm³/mol. The standard InChI is InChI=1S/C30H25IN2O4/c1-3-36-26-12-10-25(11-13-26)33-30(34)24(18-32)15-21-16-27(31)29(28(17-21)35-2)37-19-20-8-9-22-6-4-5-7-23(22)14-20/h4-17H,3,19H2,1-2H3,(H,33,34)/b24-15-. The van der Waals surface area contributed by atoms with Crippen LogP contribution in [0.4, 0.5) is 5.69 Å². The summed E-state index contributed by atoms with van der Waals surface area (Å²) < 4.78 is 17.9. The topological polar surface area (TPSA) is 80.6 Å². The second kappa shape index (κ2) is 12.3. The van der Waals surface area contributed by atoms with E-state index in [1.807, 2.05) is 37.3 Å². The Bertz CT molecular complexity index is 1490. The van der Waals surface area contributed by atoms with Crippen LogP contribution >= 0.6 is 22.6 Å². The Kier molecular flexibility index (Phi) is 8.64. The van der Waals surface area contributed by atoms with E-state index < -0.39 is 5.91 Å². The second-order valence-corrected chi connectivity index (χ2v) is 9.25. The number of anilines is 1. The molecule has 4 aromatic carbocycles. The molecule has 37 heavy (non-hydrogen) atoms. The van der Waals surface area contributed by atoms with Gasteiger partial charge in [-0.05, 0) is 100.0 Å². The molecule has 0 saturated carbocycles. The Morgan fingerprint density at radius 1 is 1.00 bits per heavy atom. The van der Waals surface area contributed by atoms with E-state index in [1.165, 1.54) is 11.5 Å². The van der Waals surface area contributed by atoms with Gasteiger partial charge in [-0.25, -0.2) is 0 Å². The maximum atomic E-state index is 12.7. The first-order chi connectivity index (χ1) is 18.0. The van der Waals surface area contributed by atoms with Gasteiger partial charge in [0.2, 0.25) is 0 Å². The minimum Gasteiger partial charge on any atom is -0.494 e. The molecule has 0 unspecified atom stereocenters. The highest BCUT2D eigenvalue weighted by Crippen LogP contribution is 2.35. The van der Waals surface area contributed by atoms with E-state index in [9.17, 15) is 10.1 Å². The number of benzene rings is 4. The molecule has 0 fully saturated rings. The van der Waals surface area contributed by atoms with E-state index in [-0.39, 0.29) is 5.57 Å². The lowest BCUT2D eigenvalue weighted by atomic mass is 10.1. The van der Waals surface area contributed by atoms with Gasteiger partial charge < -0.3 is 19.5 Å². The van der Waals surface area contributed by atoms with Gasteiger partial charge >= 0.3 is 0 Å². The summed E-state index contributed by atoms with van der Waals surface area (Å²) in [6, 6.07) is 27.0. The summed E-state index contributed by atoms with van der Waals surface area (Å²) in [4.78, 5) is 12.7. The SMILES string of the molecule is CCOc1ccc(NC(=O)/C(C#N)=C\c2cc(I)c(OCc3ccc4ccccc4c3)c(OC)c2)cc1. The maximum absolute atomic E-state index is 12.7. The van der Waals surface area contributed by atoms with Gasteiger partial charge in [0.05, 0.1) is 17.3 Å². The molecule has 0 aliphatic carbocycles. The van der Waals surface area contributed by atoms with Crippen molar-refractivity contribution >= 4 is 51.0 Å². The zero-order valence-electron chi connectivity index (χ0n) is 20.5. The van der Waals surface area contributed by atoms with Crippen LogP contribution in [0.3, 0.4) is 0 Å². The molecule has 0 spiro atoms. The van der Waals surface area contributed by atoms with Crippen molar-refractivity contribution in [2.45, 2.75) is 13.5 Å². The number of hydrogen-bond donors (Lipinski definition) is 1. The Balaban J connectivity index is 1.50. The molecule has 186 valence electrons. The highest BCUT2D eigenvalue weighted by atomic mass is 127. The smallest absolute Gasteiger partial charge is 0.266 e. The molecule has 0 aromatic heterocycles. The van der Waals surface area contributed by atoms with E-state index in [0.717, 1.165) is 14.5 Å². The zero-order chi connectivity index (χ0) is 26.2. The maximum Gasteiger partial charge on any atom is 0.266 e. The van der Waals surface area contributed by atoms with Crippen LogP contribution < -0.4 is 19.5 Å². The minimum atomic E-state index is -0.503.